The highest BCUT2D eigenvalue weighted by molar-refractivity contribution is 6.00. The maximum Gasteiger partial charge on any atom is 0.161 e. The third-order valence-corrected chi connectivity index (χ3v) is 11.3. The lowest BCUT2D eigenvalue weighted by Gasteiger charge is -2.26. The summed E-state index contributed by atoms with van der Waals surface area (Å²) in [6.07, 6.45) is 13.0. The molecule has 0 unspecified atom stereocenters. The molecule has 6 rings (SSSR count). The molecule has 1 saturated carbocycles. The van der Waals surface area contributed by atoms with Crippen LogP contribution >= 0.6 is 0 Å². The number of nitrogens with one attached hydrogen (secondary N) is 1. The molecule has 52 heavy (non-hydrogen) atoms. The molecule has 2 aliphatic carbocycles. The van der Waals surface area contributed by atoms with Gasteiger partial charge in [0.1, 0.15) is 11.6 Å². The van der Waals surface area contributed by atoms with E-state index in [1.54, 1.807) is 7.11 Å². The molecule has 3 aromatic rings. The van der Waals surface area contributed by atoms with Crippen molar-refractivity contribution in [3.05, 3.63) is 118 Å². The number of dihydropyridines is 1. The molecule has 0 saturated heterocycles. The van der Waals surface area contributed by atoms with E-state index >= 15 is 0 Å². The van der Waals surface area contributed by atoms with Gasteiger partial charge in [0, 0.05) is 30.4 Å². The van der Waals surface area contributed by atoms with Crippen molar-refractivity contribution in [1.82, 2.24) is 5.32 Å². The van der Waals surface area contributed by atoms with Crippen LogP contribution in [0.15, 0.2) is 90.3 Å². The van der Waals surface area contributed by atoms with Crippen LogP contribution in [0.3, 0.4) is 0 Å². The van der Waals surface area contributed by atoms with Crippen LogP contribution in [0.4, 0.5) is 0 Å². The molecular formula is C46H54N2O4. The summed E-state index contributed by atoms with van der Waals surface area (Å²) in [6, 6.07) is 22.4. The summed E-state index contributed by atoms with van der Waals surface area (Å²) in [7, 11) is 1.57. The zero-order valence-electron chi connectivity index (χ0n) is 30.8. The molecule has 6 heteroatoms. The molecule has 1 heterocycles. The topological polar surface area (TPSA) is 102 Å². The number of unbranched alkanes of at least 4 members (excludes halogenated alkanes) is 1. The van der Waals surface area contributed by atoms with Crippen molar-refractivity contribution in [1.29, 1.82) is 0 Å². The first-order valence-corrected chi connectivity index (χ1v) is 19.3. The number of rotatable bonds is 10. The van der Waals surface area contributed by atoms with Gasteiger partial charge in [0.25, 0.3) is 0 Å². The molecule has 3 aliphatic rings. The van der Waals surface area contributed by atoms with Gasteiger partial charge in [0.05, 0.1) is 25.3 Å². The number of ketones is 2. The molecule has 3 aromatic carbocycles. The van der Waals surface area contributed by atoms with Gasteiger partial charge in [0.2, 0.25) is 0 Å². The van der Waals surface area contributed by atoms with E-state index in [4.69, 9.17) is 10.5 Å². The standard InChI is InChI=1S/C46H54N2O4/c1-3-4-11-32-24-34(25-33-22-23-48-44(47)28-33)26-36-18-21-39(35-14-9-6-10-15-35)45-37(17-19-38(49)30-42(50)41(36)27-32)29-43(52-2)46(51)40(45)20-16-31-12-7-5-8-13-31/h5-10,12-15,22,28-29,32,34,36,39,41,48,51H,3-4,11,16-17,19-20,23-27,30,47H2,1-2H3/t32-,34+,36+,39+,41+/m0/s1. The number of aromatic hydroxyl groups is 1. The summed E-state index contributed by atoms with van der Waals surface area (Å²) in [4.78, 5) is 27.9. The molecule has 0 aromatic heterocycles. The molecule has 1 aliphatic heterocycles. The van der Waals surface area contributed by atoms with Crippen molar-refractivity contribution >= 4 is 11.6 Å². The van der Waals surface area contributed by atoms with E-state index in [9.17, 15) is 14.7 Å². The highest BCUT2D eigenvalue weighted by Gasteiger charge is 2.37. The number of aryl methyl sites for hydroxylation is 2. The molecule has 6 nitrogen and oxygen atoms in total. The van der Waals surface area contributed by atoms with Crippen molar-refractivity contribution < 1.29 is 19.4 Å². The van der Waals surface area contributed by atoms with E-state index in [-0.39, 0.29) is 47.9 Å². The van der Waals surface area contributed by atoms with Crippen LogP contribution in [-0.2, 0) is 28.9 Å². The highest BCUT2D eigenvalue weighted by atomic mass is 16.5. The first kappa shape index (κ1) is 37.0. The van der Waals surface area contributed by atoms with Crippen LogP contribution in [0.1, 0.15) is 98.4 Å². The van der Waals surface area contributed by atoms with Gasteiger partial charge in [-0.3, -0.25) is 9.59 Å². The Bertz CT molecular complexity index is 1830. The lowest BCUT2D eigenvalue weighted by molar-refractivity contribution is -0.130. The Balaban J connectivity index is 1.49. The van der Waals surface area contributed by atoms with Crippen molar-refractivity contribution in [2.24, 2.45) is 29.4 Å². The summed E-state index contributed by atoms with van der Waals surface area (Å²) in [5, 5.41) is 15.0. The van der Waals surface area contributed by atoms with Gasteiger partial charge in [-0.25, -0.2) is 0 Å². The molecule has 5 atom stereocenters. The minimum atomic E-state index is -0.364. The molecule has 4 N–H and O–H groups in total. The fraction of sp³-hybridized carbons (Fsp3) is 0.435. The number of nitrogens with two attached hydrogens (primary N) is 1. The fourth-order valence-electron chi connectivity index (χ4n) is 8.72. The van der Waals surface area contributed by atoms with E-state index in [0.29, 0.717) is 36.2 Å². The molecule has 0 spiro atoms. The van der Waals surface area contributed by atoms with Crippen LogP contribution in [0, 0.1) is 35.5 Å². The molecular weight excluding hydrogens is 645 g/mol. The Labute approximate surface area is 309 Å². The lowest BCUT2D eigenvalue weighted by atomic mass is 9.77. The summed E-state index contributed by atoms with van der Waals surface area (Å²) < 4.78 is 5.72. The first-order chi connectivity index (χ1) is 25.3. The summed E-state index contributed by atoms with van der Waals surface area (Å²) in [6.45, 7) is 2.94. The zero-order valence-corrected chi connectivity index (χ0v) is 30.8. The van der Waals surface area contributed by atoms with Gasteiger partial charge in [-0.1, -0.05) is 105 Å². The average Bonchev–Trinajstić information content (AvgIpc) is 3.32. The van der Waals surface area contributed by atoms with E-state index in [1.807, 2.05) is 48.5 Å². The second kappa shape index (κ2) is 17.6. The number of carbonyl (C=O) groups is 2. The zero-order chi connectivity index (χ0) is 36.5. The smallest absolute Gasteiger partial charge is 0.161 e. The van der Waals surface area contributed by atoms with Crippen molar-refractivity contribution in [2.45, 2.75) is 89.9 Å². The highest BCUT2D eigenvalue weighted by Crippen LogP contribution is 2.44. The van der Waals surface area contributed by atoms with Crippen LogP contribution in [0.25, 0.3) is 0 Å². The normalized spacial score (nSPS) is 23.5. The van der Waals surface area contributed by atoms with Gasteiger partial charge in [-0.05, 0) is 96.8 Å². The number of phenols is 1. The van der Waals surface area contributed by atoms with E-state index < -0.39 is 0 Å². The number of Topliss-reactive ketones (excluding diaryl/α,β-unsaturated/α-hetero) is 2. The van der Waals surface area contributed by atoms with Gasteiger partial charge < -0.3 is 20.9 Å². The second-order valence-electron chi connectivity index (χ2n) is 15.0. The maximum absolute atomic E-state index is 14.2. The number of methoxy groups -OCH3 is 1. The van der Waals surface area contributed by atoms with Gasteiger partial charge in [-0.15, -0.1) is 0 Å². The maximum atomic E-state index is 14.2. The van der Waals surface area contributed by atoms with Crippen molar-refractivity contribution in [3.63, 3.8) is 0 Å². The van der Waals surface area contributed by atoms with Crippen LogP contribution < -0.4 is 15.8 Å². The van der Waals surface area contributed by atoms with Gasteiger partial charge in [-0.2, -0.15) is 0 Å². The molecule has 272 valence electrons. The number of hydrogen-bond acceptors (Lipinski definition) is 6. The number of benzene rings is 3. The molecule has 0 radical (unpaired) electrons. The number of fused-ring (bicyclic) bond motifs is 2. The first-order valence-electron chi connectivity index (χ1n) is 19.3. The number of phenolic OH excluding ortho intramolecular Hbond substituents is 1. The number of ether oxygens (including phenoxy) is 1. The molecule has 0 bridgehead atoms. The quantitative estimate of drug-likeness (QED) is 0.145. The number of hydrogen-bond donors (Lipinski definition) is 3. The summed E-state index contributed by atoms with van der Waals surface area (Å²) in [5.41, 5.74) is 12.3. The van der Waals surface area contributed by atoms with Crippen molar-refractivity contribution in [3.8, 4) is 23.3 Å². The largest absolute Gasteiger partial charge is 0.504 e. The van der Waals surface area contributed by atoms with E-state index in [2.05, 4.69) is 54.4 Å². The third-order valence-electron chi connectivity index (χ3n) is 11.3. The Morgan fingerprint density at radius 2 is 1.71 bits per heavy atom. The Hall–Kier alpha value is -4.76. The monoisotopic (exact) mass is 698 g/mol. The van der Waals surface area contributed by atoms with Crippen LogP contribution in [0.5, 0.6) is 11.5 Å². The second-order valence-corrected chi connectivity index (χ2v) is 15.0. The van der Waals surface area contributed by atoms with Crippen LogP contribution in [0.2, 0.25) is 0 Å². The fourth-order valence-corrected chi connectivity index (χ4v) is 8.72. The van der Waals surface area contributed by atoms with Crippen LogP contribution in [-0.4, -0.2) is 30.3 Å². The Morgan fingerprint density at radius 1 is 0.942 bits per heavy atom. The number of carbonyl (C=O) groups excluding carboxylic acids is 2. The summed E-state index contributed by atoms with van der Waals surface area (Å²) >= 11 is 0. The molecule has 0 amide bonds. The number of allylic oxidation sites excluding steroid dienone is 2. The molecule has 1 fully saturated rings. The van der Waals surface area contributed by atoms with E-state index in [1.165, 1.54) is 11.1 Å². The lowest BCUT2D eigenvalue weighted by Crippen LogP contribution is -2.27. The van der Waals surface area contributed by atoms with Gasteiger partial charge in [0.15, 0.2) is 11.5 Å². The summed E-state index contributed by atoms with van der Waals surface area (Å²) in [5.74, 6) is 8.63. The minimum absolute atomic E-state index is 0.0382. The van der Waals surface area contributed by atoms with E-state index in [0.717, 1.165) is 80.2 Å². The average molecular weight is 699 g/mol. The SMILES string of the molecule is CCCC[C@H]1C[C@H](CC2=CCNC(N)=C2)C[C@H]2C#C[C@H](c3ccccc3)c3c(cc(OC)c(O)c3CCc3ccccc3)CCC(=O)CC(=O)[C@@H]2C1. The Morgan fingerprint density at radius 3 is 2.44 bits per heavy atom. The predicted octanol–water partition coefficient (Wildman–Crippen LogP) is 8.35. The minimum Gasteiger partial charge on any atom is -0.504 e. The van der Waals surface area contributed by atoms with Gasteiger partial charge >= 0.3 is 0 Å². The van der Waals surface area contributed by atoms with Crippen molar-refractivity contribution in [2.75, 3.05) is 13.7 Å². The third kappa shape index (κ3) is 9.17. The predicted molar refractivity (Wildman–Crippen MR) is 208 cm³/mol. The Kier molecular flexibility index (Phi) is 12.6.